The van der Waals surface area contributed by atoms with E-state index in [4.69, 9.17) is 0 Å². The van der Waals surface area contributed by atoms with Crippen molar-refractivity contribution in [2.75, 3.05) is 4.90 Å². The summed E-state index contributed by atoms with van der Waals surface area (Å²) in [6.45, 7) is 28.1. The predicted molar refractivity (Wildman–Crippen MR) is 279 cm³/mol. The van der Waals surface area contributed by atoms with Crippen LogP contribution >= 0.6 is 0 Å². The normalized spacial score (nSPS) is 13.3. The van der Waals surface area contributed by atoms with Crippen molar-refractivity contribution >= 4 is 55.6 Å². The summed E-state index contributed by atoms with van der Waals surface area (Å²) < 4.78 is 2.44. The van der Waals surface area contributed by atoms with E-state index in [-0.39, 0.29) is 10.8 Å². The highest BCUT2D eigenvalue weighted by Crippen LogP contribution is 2.42. The minimum atomic E-state index is -0.121. The molecule has 0 bridgehead atoms. The van der Waals surface area contributed by atoms with Crippen molar-refractivity contribution in [3.63, 3.8) is 0 Å². The quantitative estimate of drug-likeness (QED) is 0.105. The van der Waals surface area contributed by atoms with Crippen molar-refractivity contribution in [2.24, 2.45) is 0 Å². The molecule has 63 heavy (non-hydrogen) atoms. The van der Waals surface area contributed by atoms with E-state index in [0.29, 0.717) is 0 Å². The molecule has 1 aromatic heterocycles. The largest absolute Gasteiger partial charge is 0.317 e. The maximum atomic E-state index is 4.24. The zero-order chi connectivity index (χ0) is 44.7. The molecule has 0 aliphatic heterocycles. The molecule has 0 unspecified atom stereocenters. The number of allylic oxidation sites excluding steroid dienone is 12. The summed E-state index contributed by atoms with van der Waals surface area (Å²) in [5.74, 6) is 0. The minimum Gasteiger partial charge on any atom is -0.317 e. The first-order valence-electron chi connectivity index (χ1n) is 21.9. The van der Waals surface area contributed by atoms with Gasteiger partial charge in [0, 0.05) is 34.1 Å². The molecule has 0 amide bonds. The Balaban J connectivity index is 1.46. The Labute approximate surface area is 375 Å². The SMILES string of the molecule is C=C/C=C\C=C(/C)n1c2cc(C(C)(C)C)ccc2c2c(C(/C=C/N(C(/C=C\C=C)=C\c3ccccc3)c3ccc(-c4ccc5ccccc5c4)cc3)=C/C=C)cc(C(C)(C)C)cc21. The molecule has 0 N–H and O–H groups in total. The Bertz CT molecular complexity index is 2990. The van der Waals surface area contributed by atoms with E-state index in [1.165, 1.54) is 49.3 Å². The van der Waals surface area contributed by atoms with Gasteiger partial charge in [0.15, 0.2) is 0 Å². The molecule has 6 aromatic carbocycles. The molecule has 0 fully saturated rings. The van der Waals surface area contributed by atoms with Crippen LogP contribution in [0.25, 0.3) is 61.1 Å². The molecule has 7 rings (SSSR count). The number of hydrogen-bond acceptors (Lipinski definition) is 1. The third-order valence-electron chi connectivity index (χ3n) is 11.6. The predicted octanol–water partition coefficient (Wildman–Crippen LogP) is 17.2. The zero-order valence-corrected chi connectivity index (χ0v) is 38.1. The standard InChI is InChI=1S/C61H60N2/c1-11-14-17-23-44(4)63-57-42-51(60(5,6)7)33-36-55(57)59-56(41-52(43-58(59)63)61(8,9)10)48(22-13-3)37-38-62(54(28-15-12-2)39-45-24-18-16-19-25-45)53-34-31-47(32-35-53)50-30-29-46-26-20-21-27-49(46)40-50/h11-43H,1-3H2,4-10H3/b17-14-,28-15-,38-37+,44-23+,48-22+,54-39-. The fourth-order valence-corrected chi connectivity index (χ4v) is 8.11. The molecule has 7 aromatic rings. The molecule has 2 nitrogen and oxygen atoms in total. The average molecular weight is 821 g/mol. The van der Waals surface area contributed by atoms with Crippen molar-refractivity contribution in [3.8, 4) is 11.1 Å². The summed E-state index contributed by atoms with van der Waals surface area (Å²) in [6, 6.07) is 46.3. The van der Waals surface area contributed by atoms with Gasteiger partial charge in [-0.3, -0.25) is 0 Å². The molecule has 0 atom stereocenters. The van der Waals surface area contributed by atoms with Crippen LogP contribution in [-0.2, 0) is 10.8 Å². The third-order valence-corrected chi connectivity index (χ3v) is 11.6. The summed E-state index contributed by atoms with van der Waals surface area (Å²) in [6.07, 6.45) is 24.7. The lowest BCUT2D eigenvalue weighted by Gasteiger charge is -2.24. The van der Waals surface area contributed by atoms with Gasteiger partial charge in [0.25, 0.3) is 0 Å². The zero-order valence-electron chi connectivity index (χ0n) is 38.1. The van der Waals surface area contributed by atoms with Crippen molar-refractivity contribution < 1.29 is 0 Å². The second-order valence-electron chi connectivity index (χ2n) is 18.1. The van der Waals surface area contributed by atoms with Crippen molar-refractivity contribution in [2.45, 2.75) is 59.3 Å². The first-order valence-corrected chi connectivity index (χ1v) is 21.9. The highest BCUT2D eigenvalue weighted by molar-refractivity contribution is 6.15. The van der Waals surface area contributed by atoms with E-state index < -0.39 is 0 Å². The number of aromatic nitrogens is 1. The smallest absolute Gasteiger partial charge is 0.0546 e. The number of anilines is 1. The lowest BCUT2D eigenvalue weighted by molar-refractivity contribution is 0.591. The van der Waals surface area contributed by atoms with Crippen molar-refractivity contribution in [1.82, 2.24) is 4.57 Å². The van der Waals surface area contributed by atoms with E-state index in [2.05, 4.69) is 248 Å². The van der Waals surface area contributed by atoms with E-state index in [1.54, 1.807) is 0 Å². The van der Waals surface area contributed by atoms with Crippen LogP contribution in [0, 0.1) is 0 Å². The van der Waals surface area contributed by atoms with Crippen molar-refractivity contribution in [3.05, 3.63) is 242 Å². The van der Waals surface area contributed by atoms with Crippen LogP contribution in [0.1, 0.15) is 70.7 Å². The van der Waals surface area contributed by atoms with Gasteiger partial charge in [-0.05, 0) is 128 Å². The Morgan fingerprint density at radius 2 is 1.24 bits per heavy atom. The highest BCUT2D eigenvalue weighted by atomic mass is 15.1. The Morgan fingerprint density at radius 3 is 1.92 bits per heavy atom. The molecule has 2 heteroatoms. The molecular formula is C61H60N2. The molecule has 0 radical (unpaired) electrons. The Morgan fingerprint density at radius 1 is 0.571 bits per heavy atom. The van der Waals surface area contributed by atoms with Crippen LogP contribution in [0.3, 0.4) is 0 Å². The molecule has 0 spiro atoms. The summed E-state index contributed by atoms with van der Waals surface area (Å²) >= 11 is 0. The van der Waals surface area contributed by atoms with Crippen LogP contribution in [0.5, 0.6) is 0 Å². The number of benzene rings is 6. The van der Waals surface area contributed by atoms with Gasteiger partial charge in [-0.15, -0.1) is 0 Å². The van der Waals surface area contributed by atoms with E-state index in [0.717, 1.165) is 39.3 Å². The van der Waals surface area contributed by atoms with Crippen LogP contribution < -0.4 is 4.90 Å². The lowest BCUT2D eigenvalue weighted by atomic mass is 9.83. The molecule has 1 heterocycles. The van der Waals surface area contributed by atoms with Gasteiger partial charge in [-0.2, -0.15) is 0 Å². The topological polar surface area (TPSA) is 8.17 Å². The second kappa shape index (κ2) is 18.8. The van der Waals surface area contributed by atoms with Crippen LogP contribution in [0.15, 0.2) is 220 Å². The summed E-state index contributed by atoms with van der Waals surface area (Å²) in [4.78, 5) is 2.26. The molecule has 0 aliphatic carbocycles. The van der Waals surface area contributed by atoms with Gasteiger partial charge >= 0.3 is 0 Å². The van der Waals surface area contributed by atoms with Gasteiger partial charge in [0.05, 0.1) is 11.0 Å². The second-order valence-corrected chi connectivity index (χ2v) is 18.1. The minimum absolute atomic E-state index is 0.0198. The lowest BCUT2D eigenvalue weighted by Crippen LogP contribution is -2.14. The Kier molecular flexibility index (Phi) is 13.1. The van der Waals surface area contributed by atoms with E-state index >= 15 is 0 Å². The number of nitrogens with zero attached hydrogens (tertiary/aromatic N) is 2. The monoisotopic (exact) mass is 820 g/mol. The fourth-order valence-electron chi connectivity index (χ4n) is 8.11. The average Bonchev–Trinajstić information content (AvgIpc) is 3.61. The molecule has 0 saturated heterocycles. The molecule has 0 aliphatic rings. The summed E-state index contributed by atoms with van der Waals surface area (Å²) in [5, 5.41) is 4.87. The summed E-state index contributed by atoms with van der Waals surface area (Å²) in [5.41, 5.74) is 13.5. The maximum absolute atomic E-state index is 4.24. The summed E-state index contributed by atoms with van der Waals surface area (Å²) in [7, 11) is 0. The first kappa shape index (κ1) is 43.9. The number of rotatable bonds is 13. The molecule has 314 valence electrons. The molecule has 0 saturated carbocycles. The first-order chi connectivity index (χ1) is 30.3. The van der Waals surface area contributed by atoms with Gasteiger partial charge in [-0.1, -0.05) is 195 Å². The van der Waals surface area contributed by atoms with Gasteiger partial charge in [0.1, 0.15) is 0 Å². The van der Waals surface area contributed by atoms with Gasteiger partial charge < -0.3 is 9.47 Å². The van der Waals surface area contributed by atoms with Gasteiger partial charge in [0.2, 0.25) is 0 Å². The van der Waals surface area contributed by atoms with Crippen LogP contribution in [0.4, 0.5) is 5.69 Å². The van der Waals surface area contributed by atoms with Crippen LogP contribution in [0.2, 0.25) is 0 Å². The Hall–Kier alpha value is -7.16. The number of fused-ring (bicyclic) bond motifs is 4. The van der Waals surface area contributed by atoms with E-state index in [9.17, 15) is 0 Å². The van der Waals surface area contributed by atoms with Crippen LogP contribution in [-0.4, -0.2) is 4.57 Å². The van der Waals surface area contributed by atoms with Gasteiger partial charge in [-0.25, -0.2) is 0 Å². The maximum Gasteiger partial charge on any atom is 0.0546 e. The van der Waals surface area contributed by atoms with E-state index in [1.807, 2.05) is 30.4 Å². The van der Waals surface area contributed by atoms with Crippen molar-refractivity contribution in [1.29, 1.82) is 0 Å². The molecular weight excluding hydrogens is 761 g/mol. The number of hydrogen-bond donors (Lipinski definition) is 0. The third kappa shape index (κ3) is 9.82. The highest BCUT2D eigenvalue weighted by Gasteiger charge is 2.24. The fraction of sp³-hybridized carbons (Fsp3) is 0.148.